The van der Waals surface area contributed by atoms with E-state index in [0.29, 0.717) is 46.9 Å². The van der Waals surface area contributed by atoms with Crippen molar-refractivity contribution in [1.82, 2.24) is 0 Å². The molecule has 7 nitrogen and oxygen atoms in total. The van der Waals surface area contributed by atoms with Gasteiger partial charge in [-0.3, -0.25) is 0 Å². The van der Waals surface area contributed by atoms with Crippen LogP contribution in [0.1, 0.15) is 94.1 Å². The fourth-order valence-corrected chi connectivity index (χ4v) is 6.68. The summed E-state index contributed by atoms with van der Waals surface area (Å²) < 4.78 is 31.2. The fraction of sp³-hybridized carbons (Fsp3) is 0.606. The zero-order valence-electron chi connectivity index (χ0n) is 24.7. The van der Waals surface area contributed by atoms with Crippen LogP contribution in [0.3, 0.4) is 0 Å². The first-order valence-corrected chi connectivity index (χ1v) is 14.8. The Morgan fingerprint density at radius 2 is 1.95 bits per heavy atom. The quantitative estimate of drug-likeness (QED) is 0.312. The number of phenols is 1. The molecule has 0 saturated carbocycles. The highest BCUT2D eigenvalue weighted by atomic mass is 16.7. The lowest BCUT2D eigenvalue weighted by molar-refractivity contribution is -0.334. The summed E-state index contributed by atoms with van der Waals surface area (Å²) >= 11 is 0. The number of phenolic OH excluding ortho intramolecular Hbond substituents is 1. The highest BCUT2D eigenvalue weighted by Crippen LogP contribution is 2.48. The van der Waals surface area contributed by atoms with Crippen molar-refractivity contribution >= 4 is 11.5 Å². The van der Waals surface area contributed by atoms with Crippen molar-refractivity contribution in [3.63, 3.8) is 0 Å². The Kier molecular flexibility index (Phi) is 8.46. The first-order chi connectivity index (χ1) is 19.1. The summed E-state index contributed by atoms with van der Waals surface area (Å²) in [6.45, 7) is 10.5. The largest absolute Gasteiger partial charge is 0.504 e. The van der Waals surface area contributed by atoms with E-state index in [1.54, 1.807) is 20.1 Å². The summed E-state index contributed by atoms with van der Waals surface area (Å²) in [5.41, 5.74) is 3.40. The number of aromatic hydroxyl groups is 1. The van der Waals surface area contributed by atoms with Gasteiger partial charge in [0.05, 0.1) is 17.8 Å². The van der Waals surface area contributed by atoms with E-state index in [0.717, 1.165) is 32.1 Å². The molecule has 2 saturated heterocycles. The van der Waals surface area contributed by atoms with Crippen molar-refractivity contribution < 1.29 is 33.6 Å². The molecule has 1 spiro atoms. The molecule has 0 amide bonds. The number of carbonyl (C=O) groups excluding carboxylic acids is 1. The molecule has 2 fully saturated rings. The molecule has 1 aromatic rings. The predicted octanol–water partition coefficient (Wildman–Crippen LogP) is 7.01. The van der Waals surface area contributed by atoms with Crippen molar-refractivity contribution in [3.8, 4) is 11.5 Å². The van der Waals surface area contributed by atoms with Gasteiger partial charge < -0.3 is 28.8 Å². The van der Waals surface area contributed by atoms with Gasteiger partial charge in [0.15, 0.2) is 17.3 Å². The number of rotatable bonds is 2. The Labute approximate surface area is 238 Å². The van der Waals surface area contributed by atoms with Crippen molar-refractivity contribution in [2.45, 2.75) is 110 Å². The van der Waals surface area contributed by atoms with E-state index in [-0.39, 0.29) is 29.8 Å². The fourth-order valence-electron chi connectivity index (χ4n) is 6.68. The van der Waals surface area contributed by atoms with E-state index in [2.05, 4.69) is 39.8 Å². The van der Waals surface area contributed by atoms with Crippen molar-refractivity contribution in [2.24, 2.45) is 11.8 Å². The molecular weight excluding hydrogens is 508 g/mol. The van der Waals surface area contributed by atoms with Gasteiger partial charge in [0.25, 0.3) is 0 Å². The van der Waals surface area contributed by atoms with Crippen LogP contribution >= 0.6 is 0 Å². The maximum absolute atomic E-state index is 13.9. The Hall–Kier alpha value is -2.61. The second-order valence-electron chi connectivity index (χ2n) is 12.2. The molecule has 0 aromatic heterocycles. The number of benzene rings is 1. The standard InChI is InChI=1S/C33H44O7/c1-7-27-21(4)13-14-33(40-27)18-24-17-23(39-33)12-11-20(3)15-19(2)9-8-10-25-28-26(31(35)37-24)16-22(5)29(34)30(28)38-32(25)36-6/h8-11,16,19,21,23-24,27,32,34H,7,12-15,17-18H2,1-6H3. The highest BCUT2D eigenvalue weighted by Gasteiger charge is 2.48. The van der Waals surface area contributed by atoms with Crippen LogP contribution in [0.25, 0.3) is 5.57 Å². The summed E-state index contributed by atoms with van der Waals surface area (Å²) in [6.07, 6.45) is 12.7. The number of hydrogen-bond donors (Lipinski definition) is 1. The number of methoxy groups -OCH3 is 1. The van der Waals surface area contributed by atoms with Crippen LogP contribution in [0, 0.1) is 18.8 Å². The van der Waals surface area contributed by atoms with E-state index in [9.17, 15) is 9.90 Å². The minimum absolute atomic E-state index is 0.00456. The summed E-state index contributed by atoms with van der Waals surface area (Å²) in [7, 11) is 1.55. The molecule has 2 bridgehead atoms. The average molecular weight is 553 g/mol. The molecule has 218 valence electrons. The molecule has 4 heterocycles. The van der Waals surface area contributed by atoms with Crippen molar-refractivity contribution in [1.29, 1.82) is 0 Å². The Bertz CT molecular complexity index is 1210. The molecule has 1 N–H and O–H groups in total. The van der Waals surface area contributed by atoms with Crippen LogP contribution in [0.5, 0.6) is 11.5 Å². The lowest BCUT2D eigenvalue weighted by Gasteiger charge is -2.49. The van der Waals surface area contributed by atoms with Crippen molar-refractivity contribution in [3.05, 3.63) is 52.6 Å². The number of ether oxygens (including phenoxy) is 5. The third-order valence-electron chi connectivity index (χ3n) is 8.84. The lowest BCUT2D eigenvalue weighted by atomic mass is 9.85. The molecule has 1 aromatic carbocycles. The van der Waals surface area contributed by atoms with Gasteiger partial charge in [-0.25, -0.2) is 4.79 Å². The summed E-state index contributed by atoms with van der Waals surface area (Å²) in [5, 5.41) is 10.9. The topological polar surface area (TPSA) is 83.5 Å². The normalized spacial score (nSPS) is 34.5. The number of hydrogen-bond acceptors (Lipinski definition) is 7. The molecule has 7 heteroatoms. The lowest BCUT2D eigenvalue weighted by Crippen LogP contribution is -2.54. The molecule has 7 unspecified atom stereocenters. The minimum Gasteiger partial charge on any atom is -0.504 e. The van der Waals surface area contributed by atoms with E-state index >= 15 is 0 Å². The summed E-state index contributed by atoms with van der Waals surface area (Å²) in [4.78, 5) is 13.9. The van der Waals surface area contributed by atoms with E-state index < -0.39 is 18.0 Å². The van der Waals surface area contributed by atoms with Crippen molar-refractivity contribution in [2.75, 3.05) is 7.11 Å². The monoisotopic (exact) mass is 552 g/mol. The zero-order valence-corrected chi connectivity index (χ0v) is 24.7. The smallest absolute Gasteiger partial charge is 0.339 e. The van der Waals surface area contributed by atoms with Crippen LogP contribution in [0.4, 0.5) is 0 Å². The molecule has 0 radical (unpaired) electrons. The van der Waals surface area contributed by atoms with Gasteiger partial charge in [-0.1, -0.05) is 50.6 Å². The van der Waals surface area contributed by atoms with Gasteiger partial charge in [0, 0.05) is 37.5 Å². The number of esters is 1. The highest BCUT2D eigenvalue weighted by molar-refractivity contribution is 6.00. The summed E-state index contributed by atoms with van der Waals surface area (Å²) in [6, 6.07) is 1.69. The Morgan fingerprint density at radius 3 is 2.70 bits per heavy atom. The molecular formula is C33H44O7. The van der Waals surface area contributed by atoms with Crippen LogP contribution in [-0.2, 0) is 18.9 Å². The van der Waals surface area contributed by atoms with Gasteiger partial charge in [0.2, 0.25) is 6.29 Å². The first-order valence-electron chi connectivity index (χ1n) is 14.8. The SMILES string of the molecule is CCC1OC2(CCC1C)CC1CC(CC=C(C)CC(C)C=CC=C3c4c(cc(C)c(O)c4OC3OC)C(=O)O1)O2. The minimum atomic E-state index is -0.758. The van der Waals surface area contributed by atoms with Gasteiger partial charge in [-0.05, 0) is 63.0 Å². The molecule has 7 atom stereocenters. The maximum atomic E-state index is 13.9. The number of fused-ring (bicyclic) bond motifs is 2. The second-order valence-corrected chi connectivity index (χ2v) is 12.2. The average Bonchev–Trinajstić information content (AvgIpc) is 3.29. The van der Waals surface area contributed by atoms with E-state index in [1.165, 1.54) is 5.57 Å². The maximum Gasteiger partial charge on any atom is 0.339 e. The van der Waals surface area contributed by atoms with Crippen LogP contribution in [0.15, 0.2) is 35.9 Å². The third kappa shape index (κ3) is 5.74. The zero-order chi connectivity index (χ0) is 28.6. The van der Waals surface area contributed by atoms with Gasteiger partial charge in [0.1, 0.15) is 6.10 Å². The number of carbonyl (C=O) groups is 1. The van der Waals surface area contributed by atoms with E-state index in [1.807, 2.05) is 12.2 Å². The molecule has 5 rings (SSSR count). The molecule has 40 heavy (non-hydrogen) atoms. The van der Waals surface area contributed by atoms with Gasteiger partial charge in [-0.2, -0.15) is 0 Å². The van der Waals surface area contributed by atoms with E-state index in [4.69, 9.17) is 23.7 Å². The predicted molar refractivity (Wildman–Crippen MR) is 153 cm³/mol. The summed E-state index contributed by atoms with van der Waals surface area (Å²) in [5.74, 6) is -0.178. The first kappa shape index (κ1) is 28.9. The van der Waals surface area contributed by atoms with Crippen LogP contribution in [0.2, 0.25) is 0 Å². The van der Waals surface area contributed by atoms with Crippen LogP contribution in [-0.4, -0.2) is 48.6 Å². The number of aryl methyl sites for hydroxylation is 1. The molecule has 4 aliphatic heterocycles. The van der Waals surface area contributed by atoms with Gasteiger partial charge >= 0.3 is 5.97 Å². The Balaban J connectivity index is 1.56. The third-order valence-corrected chi connectivity index (χ3v) is 8.84. The van der Waals surface area contributed by atoms with Crippen LogP contribution < -0.4 is 4.74 Å². The second kappa shape index (κ2) is 11.7. The van der Waals surface area contributed by atoms with Gasteiger partial charge in [-0.15, -0.1) is 0 Å². The molecule has 4 aliphatic rings. The number of allylic oxidation sites excluding steroid dienone is 4. The molecule has 0 aliphatic carbocycles. The Morgan fingerprint density at radius 1 is 1.15 bits per heavy atom.